The number of amides is 1. The maximum atomic E-state index is 12.6. The SMILES string of the molecule is O=C(c1cc[nH]c1)N1CCN(S(=O)(=O)c2cccc(Cl)c2)CC1. The van der Waals surface area contributed by atoms with Crippen LogP contribution in [-0.4, -0.2) is 54.7 Å². The quantitative estimate of drug-likeness (QED) is 0.914. The smallest absolute Gasteiger partial charge is 0.255 e. The average molecular weight is 354 g/mol. The van der Waals surface area contributed by atoms with Gasteiger partial charge in [-0.05, 0) is 24.3 Å². The summed E-state index contributed by atoms with van der Waals surface area (Å²) in [5.41, 5.74) is 0.580. The number of sulfonamides is 1. The van der Waals surface area contributed by atoms with Gasteiger partial charge in [0.1, 0.15) is 0 Å². The fraction of sp³-hybridized carbons (Fsp3) is 0.267. The highest BCUT2D eigenvalue weighted by Gasteiger charge is 2.30. The molecule has 1 amide bonds. The molecule has 0 saturated carbocycles. The first-order valence-corrected chi connectivity index (χ1v) is 8.98. The van der Waals surface area contributed by atoms with Gasteiger partial charge in [-0.15, -0.1) is 0 Å². The molecule has 2 heterocycles. The van der Waals surface area contributed by atoms with Crippen LogP contribution < -0.4 is 0 Å². The number of aromatic nitrogens is 1. The molecular formula is C15H16ClN3O3S. The molecule has 8 heteroatoms. The Morgan fingerprint density at radius 2 is 1.87 bits per heavy atom. The second kappa shape index (κ2) is 6.35. The van der Waals surface area contributed by atoms with Gasteiger partial charge in [-0.3, -0.25) is 4.79 Å². The average Bonchev–Trinajstić information content (AvgIpc) is 3.09. The molecule has 1 aromatic heterocycles. The number of nitrogens with one attached hydrogen (secondary N) is 1. The fourth-order valence-electron chi connectivity index (χ4n) is 2.55. The number of H-pyrrole nitrogens is 1. The normalized spacial score (nSPS) is 16.5. The molecule has 0 spiro atoms. The van der Waals surface area contributed by atoms with Crippen LogP contribution in [0, 0.1) is 0 Å². The first kappa shape index (κ1) is 16.0. The van der Waals surface area contributed by atoms with Gasteiger partial charge in [0.25, 0.3) is 5.91 Å². The number of aromatic amines is 1. The molecule has 0 aliphatic carbocycles. The molecule has 1 aliphatic heterocycles. The van der Waals surface area contributed by atoms with E-state index >= 15 is 0 Å². The molecule has 0 unspecified atom stereocenters. The van der Waals surface area contributed by atoms with Crippen LogP contribution in [0.5, 0.6) is 0 Å². The second-order valence-electron chi connectivity index (χ2n) is 5.25. The number of hydrogen-bond donors (Lipinski definition) is 1. The molecule has 122 valence electrons. The molecule has 2 aromatic rings. The van der Waals surface area contributed by atoms with Crippen molar-refractivity contribution < 1.29 is 13.2 Å². The Kier molecular flexibility index (Phi) is 4.43. The van der Waals surface area contributed by atoms with Gasteiger partial charge < -0.3 is 9.88 Å². The van der Waals surface area contributed by atoms with Crippen LogP contribution >= 0.6 is 11.6 Å². The number of halogens is 1. The van der Waals surface area contributed by atoms with Gasteiger partial charge in [0.2, 0.25) is 10.0 Å². The molecule has 0 atom stereocenters. The zero-order valence-electron chi connectivity index (χ0n) is 12.3. The van der Waals surface area contributed by atoms with Gasteiger partial charge in [0.15, 0.2) is 0 Å². The Hall–Kier alpha value is -1.83. The number of carbonyl (C=O) groups is 1. The minimum atomic E-state index is -3.58. The van der Waals surface area contributed by atoms with Gasteiger partial charge >= 0.3 is 0 Å². The third-order valence-corrected chi connectivity index (χ3v) is 5.93. The van der Waals surface area contributed by atoms with Crippen molar-refractivity contribution in [2.45, 2.75) is 4.90 Å². The van der Waals surface area contributed by atoms with Crippen molar-refractivity contribution in [1.29, 1.82) is 0 Å². The summed E-state index contributed by atoms with van der Waals surface area (Å²) in [5, 5.41) is 0.382. The number of nitrogens with zero attached hydrogens (tertiary/aromatic N) is 2. The molecule has 6 nitrogen and oxygen atoms in total. The summed E-state index contributed by atoms with van der Waals surface area (Å²) in [7, 11) is -3.58. The maximum absolute atomic E-state index is 12.6. The zero-order chi connectivity index (χ0) is 16.4. The van der Waals surface area contributed by atoms with Crippen LogP contribution in [0.2, 0.25) is 5.02 Å². The molecule has 1 saturated heterocycles. The zero-order valence-corrected chi connectivity index (χ0v) is 13.8. The first-order chi connectivity index (χ1) is 11.0. The highest BCUT2D eigenvalue weighted by atomic mass is 35.5. The molecule has 23 heavy (non-hydrogen) atoms. The van der Waals surface area contributed by atoms with Gasteiger partial charge in [0.05, 0.1) is 10.5 Å². The van der Waals surface area contributed by atoms with Crippen molar-refractivity contribution in [2.75, 3.05) is 26.2 Å². The number of benzene rings is 1. The van der Waals surface area contributed by atoms with Crippen LogP contribution in [0.1, 0.15) is 10.4 Å². The summed E-state index contributed by atoms with van der Waals surface area (Å²) in [4.78, 5) is 16.9. The number of rotatable bonds is 3. The Morgan fingerprint density at radius 1 is 1.13 bits per heavy atom. The van der Waals surface area contributed by atoms with Crippen molar-refractivity contribution >= 4 is 27.5 Å². The molecule has 0 radical (unpaired) electrons. The van der Waals surface area contributed by atoms with E-state index in [1.807, 2.05) is 0 Å². The van der Waals surface area contributed by atoms with Gasteiger partial charge in [-0.1, -0.05) is 17.7 Å². The van der Waals surface area contributed by atoms with Crippen LogP contribution in [-0.2, 0) is 10.0 Å². The molecule has 1 N–H and O–H groups in total. The fourth-order valence-corrected chi connectivity index (χ4v) is 4.27. The number of piperazine rings is 1. The van der Waals surface area contributed by atoms with E-state index in [2.05, 4.69) is 4.98 Å². The Balaban J connectivity index is 1.70. The summed E-state index contributed by atoms with van der Waals surface area (Å²) in [6.45, 7) is 1.27. The standard InChI is InChI=1S/C15H16ClN3O3S/c16-13-2-1-3-14(10-13)23(21,22)19-8-6-18(7-9-19)15(20)12-4-5-17-11-12/h1-5,10-11,17H,6-9H2. The lowest BCUT2D eigenvalue weighted by Crippen LogP contribution is -2.50. The Bertz CT molecular complexity index is 797. The Morgan fingerprint density at radius 3 is 2.48 bits per heavy atom. The van der Waals surface area contributed by atoms with Crippen LogP contribution in [0.25, 0.3) is 0 Å². The van der Waals surface area contributed by atoms with Crippen molar-refractivity contribution in [2.24, 2.45) is 0 Å². The highest BCUT2D eigenvalue weighted by molar-refractivity contribution is 7.89. The molecular weight excluding hydrogens is 338 g/mol. The van der Waals surface area contributed by atoms with Crippen molar-refractivity contribution in [3.8, 4) is 0 Å². The van der Waals surface area contributed by atoms with Crippen LogP contribution in [0.4, 0.5) is 0 Å². The van der Waals surface area contributed by atoms with Gasteiger partial charge in [-0.2, -0.15) is 4.31 Å². The van der Waals surface area contributed by atoms with E-state index in [1.165, 1.54) is 16.4 Å². The summed E-state index contributed by atoms with van der Waals surface area (Å²) in [5.74, 6) is -0.0916. The van der Waals surface area contributed by atoms with E-state index in [0.29, 0.717) is 23.7 Å². The Labute approximate surface area is 139 Å². The maximum Gasteiger partial charge on any atom is 0.255 e. The minimum Gasteiger partial charge on any atom is -0.367 e. The van der Waals surface area contributed by atoms with Crippen molar-refractivity contribution in [3.05, 3.63) is 53.3 Å². The predicted octanol–water partition coefficient (Wildman–Crippen LogP) is 1.81. The third kappa shape index (κ3) is 3.26. The topological polar surface area (TPSA) is 73.5 Å². The van der Waals surface area contributed by atoms with E-state index in [9.17, 15) is 13.2 Å². The van der Waals surface area contributed by atoms with E-state index in [0.717, 1.165) is 0 Å². The van der Waals surface area contributed by atoms with Crippen LogP contribution in [0.15, 0.2) is 47.6 Å². The minimum absolute atomic E-state index is 0.0916. The summed E-state index contributed by atoms with van der Waals surface area (Å²) in [6, 6.07) is 7.92. The summed E-state index contributed by atoms with van der Waals surface area (Å²) >= 11 is 5.87. The van der Waals surface area contributed by atoms with Crippen molar-refractivity contribution in [1.82, 2.24) is 14.2 Å². The summed E-state index contributed by atoms with van der Waals surface area (Å²) < 4.78 is 26.6. The summed E-state index contributed by atoms with van der Waals surface area (Å²) in [6.07, 6.45) is 3.32. The lowest BCUT2D eigenvalue weighted by molar-refractivity contribution is 0.0698. The van der Waals surface area contributed by atoms with E-state index in [1.54, 1.807) is 35.5 Å². The van der Waals surface area contributed by atoms with E-state index in [4.69, 9.17) is 11.6 Å². The monoisotopic (exact) mass is 353 g/mol. The van der Waals surface area contributed by atoms with Crippen molar-refractivity contribution in [3.63, 3.8) is 0 Å². The van der Waals surface area contributed by atoms with Crippen LogP contribution in [0.3, 0.4) is 0 Å². The molecule has 1 aromatic carbocycles. The highest BCUT2D eigenvalue weighted by Crippen LogP contribution is 2.21. The number of hydrogen-bond acceptors (Lipinski definition) is 3. The lowest BCUT2D eigenvalue weighted by Gasteiger charge is -2.33. The predicted molar refractivity (Wildman–Crippen MR) is 86.9 cm³/mol. The van der Waals surface area contributed by atoms with E-state index in [-0.39, 0.29) is 23.9 Å². The second-order valence-corrected chi connectivity index (χ2v) is 7.63. The molecule has 3 rings (SSSR count). The third-order valence-electron chi connectivity index (χ3n) is 3.80. The first-order valence-electron chi connectivity index (χ1n) is 7.16. The van der Waals surface area contributed by atoms with Gasteiger partial charge in [0, 0.05) is 43.6 Å². The largest absolute Gasteiger partial charge is 0.367 e. The number of carbonyl (C=O) groups excluding carboxylic acids is 1. The molecule has 1 fully saturated rings. The van der Waals surface area contributed by atoms with Gasteiger partial charge in [-0.25, -0.2) is 8.42 Å². The van der Waals surface area contributed by atoms with E-state index < -0.39 is 10.0 Å². The molecule has 1 aliphatic rings. The molecule has 0 bridgehead atoms. The lowest BCUT2D eigenvalue weighted by atomic mass is 10.2.